The zero-order valence-corrected chi connectivity index (χ0v) is 12.1. The SMILES string of the molecule is CNC(=O)CCNS(=O)(=O)c1ccc(Br)cc1N. The van der Waals surface area contributed by atoms with E-state index in [-0.39, 0.29) is 29.5 Å². The fourth-order valence-corrected chi connectivity index (χ4v) is 2.79. The number of rotatable bonds is 5. The molecule has 0 heterocycles. The third-order valence-corrected chi connectivity index (χ3v) is 4.21. The number of sulfonamides is 1. The van der Waals surface area contributed by atoms with Gasteiger partial charge in [-0.15, -0.1) is 0 Å². The summed E-state index contributed by atoms with van der Waals surface area (Å²) in [7, 11) is -2.20. The third-order valence-electron chi connectivity index (χ3n) is 2.18. The van der Waals surface area contributed by atoms with Crippen molar-refractivity contribution in [1.82, 2.24) is 10.0 Å². The number of nitrogen functional groups attached to an aromatic ring is 1. The van der Waals surface area contributed by atoms with Crippen molar-refractivity contribution in [3.63, 3.8) is 0 Å². The van der Waals surface area contributed by atoms with Crippen molar-refractivity contribution in [2.75, 3.05) is 19.3 Å². The quantitative estimate of drug-likeness (QED) is 0.680. The van der Waals surface area contributed by atoms with Crippen molar-refractivity contribution in [2.45, 2.75) is 11.3 Å². The summed E-state index contributed by atoms with van der Waals surface area (Å²) in [5.74, 6) is -0.235. The lowest BCUT2D eigenvalue weighted by Gasteiger charge is -2.09. The van der Waals surface area contributed by atoms with Crippen LogP contribution in [-0.4, -0.2) is 27.9 Å². The van der Waals surface area contributed by atoms with E-state index in [2.05, 4.69) is 26.0 Å². The predicted molar refractivity (Wildman–Crippen MR) is 72.4 cm³/mol. The van der Waals surface area contributed by atoms with E-state index in [1.54, 1.807) is 6.07 Å². The lowest BCUT2D eigenvalue weighted by Crippen LogP contribution is -2.29. The molecule has 8 heteroatoms. The number of hydrogen-bond acceptors (Lipinski definition) is 4. The number of nitrogens with one attached hydrogen (secondary N) is 2. The van der Waals surface area contributed by atoms with Gasteiger partial charge in [-0.05, 0) is 18.2 Å². The van der Waals surface area contributed by atoms with Crippen molar-refractivity contribution in [3.05, 3.63) is 22.7 Å². The number of amides is 1. The number of carbonyl (C=O) groups excluding carboxylic acids is 1. The van der Waals surface area contributed by atoms with E-state index < -0.39 is 10.0 Å². The van der Waals surface area contributed by atoms with Gasteiger partial charge in [0.05, 0.1) is 5.69 Å². The summed E-state index contributed by atoms with van der Waals surface area (Å²) < 4.78 is 26.8. The van der Waals surface area contributed by atoms with Crippen LogP contribution in [0.25, 0.3) is 0 Å². The zero-order chi connectivity index (χ0) is 13.8. The van der Waals surface area contributed by atoms with Gasteiger partial charge in [-0.25, -0.2) is 13.1 Å². The van der Waals surface area contributed by atoms with E-state index >= 15 is 0 Å². The van der Waals surface area contributed by atoms with Crippen LogP contribution < -0.4 is 15.8 Å². The molecular formula is C10H14BrN3O3S. The molecule has 0 aliphatic rings. The molecule has 1 rings (SSSR count). The average molecular weight is 336 g/mol. The highest BCUT2D eigenvalue weighted by Gasteiger charge is 2.17. The molecule has 0 saturated heterocycles. The van der Waals surface area contributed by atoms with Crippen LogP contribution in [0.3, 0.4) is 0 Å². The third kappa shape index (κ3) is 3.97. The highest BCUT2D eigenvalue weighted by Crippen LogP contribution is 2.22. The first-order valence-corrected chi connectivity index (χ1v) is 7.39. The summed E-state index contributed by atoms with van der Waals surface area (Å²) in [5.41, 5.74) is 5.79. The molecule has 0 saturated carbocycles. The maximum Gasteiger partial charge on any atom is 0.242 e. The number of anilines is 1. The molecule has 0 unspecified atom stereocenters. The fourth-order valence-electron chi connectivity index (χ4n) is 1.27. The number of nitrogens with two attached hydrogens (primary N) is 1. The molecule has 1 aromatic carbocycles. The molecule has 100 valence electrons. The minimum atomic E-state index is -3.69. The molecule has 0 aliphatic heterocycles. The molecule has 0 aliphatic carbocycles. The van der Waals surface area contributed by atoms with Crippen LogP contribution >= 0.6 is 15.9 Å². The van der Waals surface area contributed by atoms with Gasteiger partial charge in [-0.3, -0.25) is 4.79 Å². The second kappa shape index (κ2) is 6.17. The Hall–Kier alpha value is -1.12. The van der Waals surface area contributed by atoms with Crippen LogP contribution in [0.5, 0.6) is 0 Å². The Kier molecular flexibility index (Phi) is 5.12. The van der Waals surface area contributed by atoms with Crippen molar-refractivity contribution in [2.24, 2.45) is 0 Å². The summed E-state index contributed by atoms with van der Waals surface area (Å²) >= 11 is 3.20. The summed E-state index contributed by atoms with van der Waals surface area (Å²) in [5, 5.41) is 2.41. The molecule has 0 fully saturated rings. The Labute approximate surface area is 114 Å². The maximum absolute atomic E-state index is 11.9. The van der Waals surface area contributed by atoms with Crippen LogP contribution in [0.4, 0.5) is 5.69 Å². The molecule has 4 N–H and O–H groups in total. The number of hydrogen-bond donors (Lipinski definition) is 3. The van der Waals surface area contributed by atoms with Crippen LogP contribution in [0.2, 0.25) is 0 Å². The highest BCUT2D eigenvalue weighted by atomic mass is 79.9. The maximum atomic E-state index is 11.9. The zero-order valence-electron chi connectivity index (χ0n) is 9.73. The van der Waals surface area contributed by atoms with Crippen molar-refractivity contribution in [1.29, 1.82) is 0 Å². The molecule has 0 radical (unpaired) electrons. The molecule has 0 aromatic heterocycles. The topological polar surface area (TPSA) is 101 Å². The van der Waals surface area contributed by atoms with Gasteiger partial charge >= 0.3 is 0 Å². The standard InChI is InChI=1S/C10H14BrN3O3S/c1-13-10(15)4-5-14-18(16,17)9-3-2-7(11)6-8(9)12/h2-3,6,14H,4-5,12H2,1H3,(H,13,15). The van der Waals surface area contributed by atoms with Crippen LogP contribution in [-0.2, 0) is 14.8 Å². The van der Waals surface area contributed by atoms with Crippen molar-refractivity contribution >= 4 is 37.5 Å². The molecule has 0 spiro atoms. The summed E-state index contributed by atoms with van der Waals surface area (Å²) in [4.78, 5) is 11.0. The normalized spacial score (nSPS) is 11.2. The minimum Gasteiger partial charge on any atom is -0.398 e. The molecule has 1 aromatic rings. The molecule has 1 amide bonds. The van der Waals surface area contributed by atoms with E-state index in [1.165, 1.54) is 19.2 Å². The summed E-state index contributed by atoms with van der Waals surface area (Å²) in [6, 6.07) is 4.50. The van der Waals surface area contributed by atoms with Gasteiger partial charge in [0.1, 0.15) is 4.90 Å². The molecule has 6 nitrogen and oxygen atoms in total. The first-order valence-electron chi connectivity index (χ1n) is 5.12. The average Bonchev–Trinajstić information content (AvgIpc) is 2.27. The highest BCUT2D eigenvalue weighted by molar-refractivity contribution is 9.10. The first kappa shape index (κ1) is 14.9. The van der Waals surface area contributed by atoms with Crippen LogP contribution in [0, 0.1) is 0 Å². The molecular weight excluding hydrogens is 322 g/mol. The predicted octanol–water partition coefficient (Wildman–Crippen LogP) is 0.446. The molecule has 0 bridgehead atoms. The van der Waals surface area contributed by atoms with Gasteiger partial charge in [0, 0.05) is 24.5 Å². The van der Waals surface area contributed by atoms with E-state index in [9.17, 15) is 13.2 Å². The second-order valence-corrected chi connectivity index (χ2v) is 6.15. The largest absolute Gasteiger partial charge is 0.398 e. The number of carbonyl (C=O) groups is 1. The van der Waals surface area contributed by atoms with Crippen LogP contribution in [0.15, 0.2) is 27.6 Å². The van der Waals surface area contributed by atoms with Crippen molar-refractivity contribution < 1.29 is 13.2 Å². The van der Waals surface area contributed by atoms with Gasteiger partial charge in [-0.1, -0.05) is 15.9 Å². The Bertz CT molecular complexity index is 545. The van der Waals surface area contributed by atoms with Crippen molar-refractivity contribution in [3.8, 4) is 0 Å². The van der Waals surface area contributed by atoms with Gasteiger partial charge in [0.2, 0.25) is 15.9 Å². The Morgan fingerprint density at radius 2 is 2.11 bits per heavy atom. The van der Waals surface area contributed by atoms with Crippen LogP contribution in [0.1, 0.15) is 6.42 Å². The Morgan fingerprint density at radius 1 is 1.44 bits per heavy atom. The summed E-state index contributed by atoms with van der Waals surface area (Å²) in [6.07, 6.45) is 0.0756. The van der Waals surface area contributed by atoms with E-state index in [4.69, 9.17) is 5.73 Å². The van der Waals surface area contributed by atoms with E-state index in [0.29, 0.717) is 4.47 Å². The second-order valence-electron chi connectivity index (χ2n) is 3.50. The van der Waals surface area contributed by atoms with Gasteiger partial charge < -0.3 is 11.1 Å². The van der Waals surface area contributed by atoms with Gasteiger partial charge in [-0.2, -0.15) is 0 Å². The molecule has 0 atom stereocenters. The lowest BCUT2D eigenvalue weighted by molar-refractivity contribution is -0.120. The number of benzene rings is 1. The monoisotopic (exact) mass is 335 g/mol. The first-order chi connectivity index (χ1) is 8.36. The van der Waals surface area contributed by atoms with E-state index in [0.717, 1.165) is 0 Å². The number of halogens is 1. The smallest absolute Gasteiger partial charge is 0.242 e. The minimum absolute atomic E-state index is 0.00241. The molecule has 18 heavy (non-hydrogen) atoms. The van der Waals surface area contributed by atoms with Gasteiger partial charge in [0.15, 0.2) is 0 Å². The fraction of sp³-hybridized carbons (Fsp3) is 0.300. The van der Waals surface area contributed by atoms with Gasteiger partial charge in [0.25, 0.3) is 0 Å². The lowest BCUT2D eigenvalue weighted by atomic mass is 10.3. The Morgan fingerprint density at radius 3 is 2.67 bits per heavy atom. The Balaban J connectivity index is 2.77. The summed E-state index contributed by atoms with van der Waals surface area (Å²) in [6.45, 7) is 0.0253. The van der Waals surface area contributed by atoms with E-state index in [1.807, 2.05) is 0 Å².